The fourth-order valence-corrected chi connectivity index (χ4v) is 3.97. The van der Waals surface area contributed by atoms with Gasteiger partial charge in [0, 0.05) is 17.7 Å². The molecule has 1 atom stereocenters. The van der Waals surface area contributed by atoms with Crippen molar-refractivity contribution in [2.45, 2.75) is 38.5 Å². The number of nitrogens with two attached hydrogens (primary N) is 1. The maximum absolute atomic E-state index is 11.9. The van der Waals surface area contributed by atoms with Gasteiger partial charge in [0.05, 0.1) is 5.75 Å². The van der Waals surface area contributed by atoms with Crippen molar-refractivity contribution in [2.24, 2.45) is 5.73 Å². The first-order valence-corrected chi connectivity index (χ1v) is 8.78. The minimum atomic E-state index is -2.95. The summed E-state index contributed by atoms with van der Waals surface area (Å²) < 4.78 is 23.8. The maximum atomic E-state index is 11.9. The van der Waals surface area contributed by atoms with E-state index in [9.17, 15) is 8.42 Å². The summed E-state index contributed by atoms with van der Waals surface area (Å²) in [6.45, 7) is 4.45. The predicted molar refractivity (Wildman–Crippen MR) is 81.0 cm³/mol. The van der Waals surface area contributed by atoms with Crippen LogP contribution in [0.25, 0.3) is 0 Å². The Kier molecular flexibility index (Phi) is 6.01. The van der Waals surface area contributed by atoms with Crippen LogP contribution in [0.1, 0.15) is 38.7 Å². The number of benzene rings is 1. The lowest BCUT2D eigenvalue weighted by atomic mass is 9.76. The zero-order valence-electron chi connectivity index (χ0n) is 11.9. The van der Waals surface area contributed by atoms with Crippen molar-refractivity contribution < 1.29 is 8.42 Å². The Balaban J connectivity index is 2.90. The second-order valence-electron chi connectivity index (χ2n) is 5.11. The molecular weight excluding hydrogens is 258 g/mol. The minimum absolute atomic E-state index is 0.220. The molecule has 0 aliphatic rings. The van der Waals surface area contributed by atoms with Crippen LogP contribution in [-0.4, -0.2) is 26.5 Å². The lowest BCUT2D eigenvalue weighted by Gasteiger charge is -2.32. The number of rotatable bonds is 8. The van der Waals surface area contributed by atoms with Gasteiger partial charge in [0.15, 0.2) is 0 Å². The standard InChI is InChI=1S/C15H25NO2S/c1-3-11-19(17,18)12-10-15(4-2,13-16)14-8-6-5-7-9-14/h5-9H,3-4,10-13,16H2,1-2H3. The first-order valence-electron chi connectivity index (χ1n) is 6.95. The zero-order valence-corrected chi connectivity index (χ0v) is 12.7. The van der Waals surface area contributed by atoms with Crippen molar-refractivity contribution >= 4 is 9.84 Å². The van der Waals surface area contributed by atoms with E-state index in [1.54, 1.807) is 0 Å². The number of hydrogen-bond donors (Lipinski definition) is 1. The minimum Gasteiger partial charge on any atom is -0.330 e. The largest absolute Gasteiger partial charge is 0.330 e. The summed E-state index contributed by atoms with van der Waals surface area (Å²) in [7, 11) is -2.95. The van der Waals surface area contributed by atoms with Crippen molar-refractivity contribution in [3.63, 3.8) is 0 Å². The third-order valence-electron chi connectivity index (χ3n) is 3.86. The molecule has 1 rings (SSSR count). The highest BCUT2D eigenvalue weighted by atomic mass is 32.2. The van der Waals surface area contributed by atoms with Crippen LogP contribution in [-0.2, 0) is 15.3 Å². The predicted octanol–water partition coefficient (Wildman–Crippen LogP) is 2.51. The van der Waals surface area contributed by atoms with Crippen LogP contribution in [0.4, 0.5) is 0 Å². The quantitative estimate of drug-likeness (QED) is 0.797. The van der Waals surface area contributed by atoms with Crippen LogP contribution in [0.15, 0.2) is 30.3 Å². The van der Waals surface area contributed by atoms with Crippen molar-refractivity contribution in [2.75, 3.05) is 18.1 Å². The molecule has 0 saturated heterocycles. The van der Waals surface area contributed by atoms with E-state index in [-0.39, 0.29) is 16.9 Å². The molecule has 19 heavy (non-hydrogen) atoms. The molecule has 0 fully saturated rings. The molecule has 0 aliphatic carbocycles. The van der Waals surface area contributed by atoms with Gasteiger partial charge in [0.2, 0.25) is 0 Å². The maximum Gasteiger partial charge on any atom is 0.150 e. The molecule has 4 heteroatoms. The van der Waals surface area contributed by atoms with E-state index in [1.807, 2.05) is 37.3 Å². The van der Waals surface area contributed by atoms with Crippen molar-refractivity contribution in [1.82, 2.24) is 0 Å². The molecular formula is C15H25NO2S. The number of hydrogen-bond acceptors (Lipinski definition) is 3. The fraction of sp³-hybridized carbons (Fsp3) is 0.600. The van der Waals surface area contributed by atoms with Crippen LogP contribution < -0.4 is 5.73 Å². The number of sulfone groups is 1. The van der Waals surface area contributed by atoms with Gasteiger partial charge in [-0.3, -0.25) is 0 Å². The Morgan fingerprint density at radius 1 is 1.11 bits per heavy atom. The van der Waals surface area contributed by atoms with E-state index in [4.69, 9.17) is 5.73 Å². The first-order chi connectivity index (χ1) is 8.99. The second kappa shape index (κ2) is 7.06. The molecule has 0 heterocycles. The molecule has 0 radical (unpaired) electrons. The highest BCUT2D eigenvalue weighted by molar-refractivity contribution is 7.91. The van der Waals surface area contributed by atoms with Crippen molar-refractivity contribution in [3.05, 3.63) is 35.9 Å². The van der Waals surface area contributed by atoms with Gasteiger partial charge in [-0.15, -0.1) is 0 Å². The van der Waals surface area contributed by atoms with Crippen LogP contribution in [0, 0.1) is 0 Å². The Morgan fingerprint density at radius 3 is 2.21 bits per heavy atom. The van der Waals surface area contributed by atoms with Gasteiger partial charge in [0.25, 0.3) is 0 Å². The smallest absolute Gasteiger partial charge is 0.150 e. The fourth-order valence-electron chi connectivity index (χ4n) is 2.45. The molecule has 0 saturated carbocycles. The molecule has 3 nitrogen and oxygen atoms in total. The van der Waals surface area contributed by atoms with Gasteiger partial charge in [-0.05, 0) is 24.8 Å². The molecule has 1 aromatic carbocycles. The van der Waals surface area contributed by atoms with Gasteiger partial charge in [0.1, 0.15) is 9.84 Å². The van der Waals surface area contributed by atoms with E-state index in [0.717, 1.165) is 12.0 Å². The second-order valence-corrected chi connectivity index (χ2v) is 7.41. The summed E-state index contributed by atoms with van der Waals surface area (Å²) in [6, 6.07) is 10.0. The summed E-state index contributed by atoms with van der Waals surface area (Å²) in [5.41, 5.74) is 6.88. The molecule has 2 N–H and O–H groups in total. The van der Waals surface area contributed by atoms with Crippen LogP contribution in [0.2, 0.25) is 0 Å². The summed E-state index contributed by atoms with van der Waals surface area (Å²) in [4.78, 5) is 0. The molecule has 0 bridgehead atoms. The third-order valence-corrected chi connectivity index (χ3v) is 5.72. The van der Waals surface area contributed by atoms with Gasteiger partial charge < -0.3 is 5.73 Å². The first kappa shape index (κ1) is 16.2. The van der Waals surface area contributed by atoms with E-state index in [0.29, 0.717) is 19.4 Å². The van der Waals surface area contributed by atoms with E-state index in [1.165, 1.54) is 0 Å². The Hall–Kier alpha value is -0.870. The lowest BCUT2D eigenvalue weighted by molar-refractivity contribution is 0.406. The summed E-state index contributed by atoms with van der Waals surface area (Å²) in [5.74, 6) is 0.493. The van der Waals surface area contributed by atoms with Crippen LogP contribution in [0.3, 0.4) is 0 Å². The topological polar surface area (TPSA) is 60.2 Å². The van der Waals surface area contributed by atoms with Gasteiger partial charge in [-0.1, -0.05) is 44.2 Å². The van der Waals surface area contributed by atoms with E-state index in [2.05, 4.69) is 6.92 Å². The molecule has 0 spiro atoms. The average Bonchev–Trinajstić information content (AvgIpc) is 2.41. The van der Waals surface area contributed by atoms with Gasteiger partial charge in [-0.25, -0.2) is 8.42 Å². The van der Waals surface area contributed by atoms with Gasteiger partial charge >= 0.3 is 0 Å². The van der Waals surface area contributed by atoms with Gasteiger partial charge in [-0.2, -0.15) is 0 Å². The highest BCUT2D eigenvalue weighted by Crippen LogP contribution is 2.31. The molecule has 1 unspecified atom stereocenters. The monoisotopic (exact) mass is 283 g/mol. The summed E-state index contributed by atoms with van der Waals surface area (Å²) in [5, 5.41) is 0. The summed E-state index contributed by atoms with van der Waals surface area (Å²) in [6.07, 6.45) is 2.14. The molecule has 1 aromatic rings. The Labute approximate surface area is 117 Å². The van der Waals surface area contributed by atoms with E-state index >= 15 is 0 Å². The highest BCUT2D eigenvalue weighted by Gasteiger charge is 2.30. The van der Waals surface area contributed by atoms with Crippen LogP contribution >= 0.6 is 0 Å². The van der Waals surface area contributed by atoms with Crippen molar-refractivity contribution in [3.8, 4) is 0 Å². The lowest BCUT2D eigenvalue weighted by Crippen LogP contribution is -2.36. The molecule has 108 valence electrons. The SMILES string of the molecule is CCCS(=O)(=O)CCC(CC)(CN)c1ccccc1. The molecule has 0 aliphatic heterocycles. The zero-order chi connectivity index (χ0) is 14.4. The Morgan fingerprint density at radius 2 is 1.74 bits per heavy atom. The average molecular weight is 283 g/mol. The normalized spacial score (nSPS) is 15.1. The third kappa shape index (κ3) is 4.32. The van der Waals surface area contributed by atoms with E-state index < -0.39 is 9.84 Å². The molecule has 0 amide bonds. The molecule has 0 aromatic heterocycles. The summed E-state index contributed by atoms with van der Waals surface area (Å²) >= 11 is 0. The Bertz CT molecular complexity index is 464. The van der Waals surface area contributed by atoms with Crippen LogP contribution in [0.5, 0.6) is 0 Å². The van der Waals surface area contributed by atoms with Crippen molar-refractivity contribution in [1.29, 1.82) is 0 Å².